The van der Waals surface area contributed by atoms with Crippen LogP contribution >= 0.6 is 0 Å². The monoisotopic (exact) mass is 192 g/mol. The van der Waals surface area contributed by atoms with Crippen molar-refractivity contribution in [2.45, 2.75) is 24.9 Å². The fourth-order valence-corrected chi connectivity index (χ4v) is 1.90. The minimum absolute atomic E-state index is 0.221. The van der Waals surface area contributed by atoms with E-state index in [1.54, 1.807) is 0 Å². The Bertz CT molecular complexity index is 373. The predicted octanol–water partition coefficient (Wildman–Crippen LogP) is 0.991. The fourth-order valence-electron chi connectivity index (χ4n) is 1.90. The van der Waals surface area contributed by atoms with Crippen LogP contribution in [0.4, 0.5) is 0 Å². The summed E-state index contributed by atoms with van der Waals surface area (Å²) >= 11 is 0. The Labute approximate surface area is 82.0 Å². The van der Waals surface area contributed by atoms with E-state index in [4.69, 9.17) is 5.11 Å². The predicted molar refractivity (Wildman–Crippen MR) is 51.1 cm³/mol. The van der Waals surface area contributed by atoms with Gasteiger partial charge in [0.1, 0.15) is 0 Å². The molecule has 1 aromatic rings. The first-order chi connectivity index (χ1) is 6.62. The molecule has 74 valence electrons. The normalized spacial score (nSPS) is 25.5. The van der Waals surface area contributed by atoms with Crippen molar-refractivity contribution in [2.75, 3.05) is 0 Å². The summed E-state index contributed by atoms with van der Waals surface area (Å²) in [4.78, 5) is 10.8. The summed E-state index contributed by atoms with van der Waals surface area (Å²) in [6.45, 7) is 0. The molecular weight excluding hydrogens is 180 g/mol. The molecule has 3 heteroatoms. The maximum Gasteiger partial charge on any atom is 0.336 e. The Morgan fingerprint density at radius 2 is 1.93 bits per heavy atom. The van der Waals surface area contributed by atoms with Crippen molar-refractivity contribution < 1.29 is 15.0 Å². The van der Waals surface area contributed by atoms with E-state index >= 15 is 0 Å². The van der Waals surface area contributed by atoms with Gasteiger partial charge in [-0.3, -0.25) is 0 Å². The molecule has 2 N–H and O–H groups in total. The van der Waals surface area contributed by atoms with Crippen LogP contribution in [0.5, 0.6) is 0 Å². The zero-order chi connectivity index (χ0) is 10.2. The summed E-state index contributed by atoms with van der Waals surface area (Å²) in [6.07, 6.45) is 1.16. The van der Waals surface area contributed by atoms with Gasteiger partial charge in [-0.2, -0.15) is 0 Å². The van der Waals surface area contributed by atoms with Gasteiger partial charge >= 0.3 is 5.97 Å². The summed E-state index contributed by atoms with van der Waals surface area (Å²) in [5.74, 6) is -1.12. The van der Waals surface area contributed by atoms with E-state index in [1.165, 1.54) is 0 Å². The van der Waals surface area contributed by atoms with Gasteiger partial charge in [-0.15, -0.1) is 0 Å². The van der Waals surface area contributed by atoms with Crippen LogP contribution in [-0.2, 0) is 17.6 Å². The molecule has 0 fully saturated rings. The lowest BCUT2D eigenvalue weighted by Gasteiger charge is -2.29. The highest BCUT2D eigenvalue weighted by Gasteiger charge is 2.38. The Morgan fingerprint density at radius 1 is 1.29 bits per heavy atom. The van der Waals surface area contributed by atoms with Crippen molar-refractivity contribution in [3.05, 3.63) is 35.4 Å². The average molecular weight is 192 g/mol. The Balaban J connectivity index is 2.34. The molecule has 1 aromatic carbocycles. The lowest BCUT2D eigenvalue weighted by Crippen LogP contribution is -2.43. The van der Waals surface area contributed by atoms with Gasteiger partial charge in [0.05, 0.1) is 0 Å². The van der Waals surface area contributed by atoms with Crippen molar-refractivity contribution in [1.29, 1.82) is 0 Å². The molecule has 1 aliphatic carbocycles. The second-order valence-electron chi connectivity index (χ2n) is 3.78. The Kier molecular flexibility index (Phi) is 2.04. The van der Waals surface area contributed by atoms with Crippen LogP contribution in [0.3, 0.4) is 0 Å². The largest absolute Gasteiger partial charge is 0.479 e. The molecule has 1 aliphatic rings. The highest BCUT2D eigenvalue weighted by molar-refractivity contribution is 5.78. The second kappa shape index (κ2) is 3.10. The van der Waals surface area contributed by atoms with Gasteiger partial charge in [0.2, 0.25) is 0 Å². The lowest BCUT2D eigenvalue weighted by atomic mass is 9.80. The third-order valence-electron chi connectivity index (χ3n) is 2.81. The van der Waals surface area contributed by atoms with E-state index in [0.29, 0.717) is 12.8 Å². The van der Waals surface area contributed by atoms with Crippen molar-refractivity contribution in [3.63, 3.8) is 0 Å². The molecule has 3 nitrogen and oxygen atoms in total. The molecule has 1 atom stereocenters. The SMILES string of the molecule is O=C(O)C1(O)CCc2ccccc2C1. The molecule has 0 saturated carbocycles. The number of rotatable bonds is 1. The van der Waals surface area contributed by atoms with Gasteiger partial charge < -0.3 is 10.2 Å². The minimum atomic E-state index is -1.56. The number of aryl methyl sites for hydroxylation is 1. The smallest absolute Gasteiger partial charge is 0.336 e. The van der Waals surface area contributed by atoms with Crippen molar-refractivity contribution >= 4 is 5.97 Å². The number of aliphatic hydroxyl groups is 1. The van der Waals surface area contributed by atoms with Crippen LogP contribution in [-0.4, -0.2) is 21.8 Å². The number of fused-ring (bicyclic) bond motifs is 1. The number of carboxylic acids is 1. The molecular formula is C11H12O3. The third kappa shape index (κ3) is 1.40. The van der Waals surface area contributed by atoms with Crippen LogP contribution in [0, 0.1) is 0 Å². The quantitative estimate of drug-likeness (QED) is 0.697. The summed E-state index contributed by atoms with van der Waals surface area (Å²) in [6, 6.07) is 7.66. The first-order valence-electron chi connectivity index (χ1n) is 4.64. The van der Waals surface area contributed by atoms with Crippen LogP contribution in [0.25, 0.3) is 0 Å². The van der Waals surface area contributed by atoms with E-state index in [9.17, 15) is 9.90 Å². The molecule has 1 unspecified atom stereocenters. The number of benzene rings is 1. The van der Waals surface area contributed by atoms with E-state index in [2.05, 4.69) is 0 Å². The standard InChI is InChI=1S/C11H12O3/c12-10(13)11(14)6-5-8-3-1-2-4-9(8)7-11/h1-4,14H,5-7H2,(H,12,13). The first kappa shape index (κ1) is 9.21. The summed E-state index contributed by atoms with van der Waals surface area (Å²) in [5.41, 5.74) is 0.538. The highest BCUT2D eigenvalue weighted by Crippen LogP contribution is 2.28. The van der Waals surface area contributed by atoms with E-state index in [-0.39, 0.29) is 6.42 Å². The molecule has 0 bridgehead atoms. The van der Waals surface area contributed by atoms with Crippen molar-refractivity contribution in [1.82, 2.24) is 0 Å². The zero-order valence-electron chi connectivity index (χ0n) is 7.73. The van der Waals surface area contributed by atoms with Gasteiger partial charge in [0, 0.05) is 6.42 Å². The van der Waals surface area contributed by atoms with Crippen LogP contribution in [0.2, 0.25) is 0 Å². The Morgan fingerprint density at radius 3 is 2.57 bits per heavy atom. The lowest BCUT2D eigenvalue weighted by molar-refractivity contribution is -0.159. The summed E-state index contributed by atoms with van der Waals surface area (Å²) < 4.78 is 0. The van der Waals surface area contributed by atoms with Crippen molar-refractivity contribution in [2.24, 2.45) is 0 Å². The molecule has 0 spiro atoms. The van der Waals surface area contributed by atoms with Crippen LogP contribution in [0.15, 0.2) is 24.3 Å². The average Bonchev–Trinajstić information content (AvgIpc) is 2.17. The van der Waals surface area contributed by atoms with Gasteiger partial charge in [0.15, 0.2) is 5.60 Å². The highest BCUT2D eigenvalue weighted by atomic mass is 16.4. The van der Waals surface area contributed by atoms with Gasteiger partial charge in [0.25, 0.3) is 0 Å². The van der Waals surface area contributed by atoms with Gasteiger partial charge in [-0.1, -0.05) is 24.3 Å². The molecule has 2 rings (SSSR count). The van der Waals surface area contributed by atoms with Gasteiger partial charge in [-0.05, 0) is 24.0 Å². The molecule has 0 radical (unpaired) electrons. The number of aliphatic carboxylic acids is 1. The molecule has 0 aliphatic heterocycles. The van der Waals surface area contributed by atoms with E-state index < -0.39 is 11.6 Å². The maximum atomic E-state index is 10.8. The second-order valence-corrected chi connectivity index (χ2v) is 3.78. The van der Waals surface area contributed by atoms with Crippen LogP contribution < -0.4 is 0 Å². The van der Waals surface area contributed by atoms with E-state index in [0.717, 1.165) is 11.1 Å². The van der Waals surface area contributed by atoms with Crippen molar-refractivity contribution in [3.8, 4) is 0 Å². The molecule has 0 amide bonds. The molecule has 0 saturated heterocycles. The zero-order valence-corrected chi connectivity index (χ0v) is 7.73. The maximum absolute atomic E-state index is 10.8. The first-order valence-corrected chi connectivity index (χ1v) is 4.64. The topological polar surface area (TPSA) is 57.5 Å². The number of carboxylic acid groups (broad SMARTS) is 1. The molecule has 0 heterocycles. The third-order valence-corrected chi connectivity index (χ3v) is 2.81. The van der Waals surface area contributed by atoms with Crippen LogP contribution in [0.1, 0.15) is 17.5 Å². The van der Waals surface area contributed by atoms with Gasteiger partial charge in [-0.25, -0.2) is 4.79 Å². The number of hydrogen-bond acceptors (Lipinski definition) is 2. The molecule has 14 heavy (non-hydrogen) atoms. The fraction of sp³-hybridized carbons (Fsp3) is 0.364. The molecule has 0 aromatic heterocycles. The number of hydrogen-bond donors (Lipinski definition) is 2. The summed E-state index contributed by atoms with van der Waals surface area (Å²) in [7, 11) is 0. The summed E-state index contributed by atoms with van der Waals surface area (Å²) in [5, 5.41) is 18.7. The number of carbonyl (C=O) groups is 1. The Hall–Kier alpha value is -1.35. The van der Waals surface area contributed by atoms with E-state index in [1.807, 2.05) is 24.3 Å². The minimum Gasteiger partial charge on any atom is -0.479 e.